The molecule has 0 rings (SSSR count). The second-order valence-electron chi connectivity index (χ2n) is 11.5. The van der Waals surface area contributed by atoms with E-state index in [1.165, 1.54) is 77.0 Å². The molecule has 0 aliphatic heterocycles. The second-order valence-corrected chi connectivity index (χ2v) is 12.9. The smallest absolute Gasteiger partial charge is 0.392 e. The number of hydrogen-bond donors (Lipinski definition) is 3. The molecular weight excluding hydrogens is 515 g/mol. The molecule has 0 radical (unpaired) electrons. The van der Waals surface area contributed by atoms with Crippen LogP contribution in [0.3, 0.4) is 0 Å². The monoisotopic (exact) mass is 580 g/mol. The van der Waals surface area contributed by atoms with Crippen LogP contribution in [0.4, 0.5) is 0 Å². The number of hydrogen-bond acceptors (Lipinski definition) is 7. The van der Waals surface area contributed by atoms with Crippen LogP contribution >= 0.6 is 7.82 Å². The van der Waals surface area contributed by atoms with Gasteiger partial charge in [0.1, 0.15) is 0 Å². The Kier molecular flexibility index (Phi) is 26.8. The topological polar surface area (TPSA) is 103 Å². The molecule has 0 fully saturated rings. The van der Waals surface area contributed by atoms with Crippen molar-refractivity contribution < 1.29 is 28.7 Å². The van der Waals surface area contributed by atoms with Crippen molar-refractivity contribution in [2.24, 2.45) is 0 Å². The van der Waals surface area contributed by atoms with Crippen molar-refractivity contribution in [1.29, 1.82) is 0 Å². The normalized spacial score (nSPS) is 15.2. The SMILES string of the molecule is CCCCCCCCCCC(O)CN(C)CCOP(=O)(O)OCCN(C)CC(O)CCCCCCCCCC. The number of likely N-dealkylation sites (N-methyl/N-ethyl adjacent to an activating group) is 2. The minimum atomic E-state index is -4.12. The number of aliphatic hydroxyl groups is 2. The van der Waals surface area contributed by atoms with Gasteiger partial charge in [0.15, 0.2) is 0 Å². The Morgan fingerprint density at radius 3 is 1.23 bits per heavy atom. The van der Waals surface area contributed by atoms with E-state index in [1.54, 1.807) is 0 Å². The summed E-state index contributed by atoms with van der Waals surface area (Å²) >= 11 is 0. The van der Waals surface area contributed by atoms with Crippen molar-refractivity contribution >= 4 is 7.82 Å². The van der Waals surface area contributed by atoms with Gasteiger partial charge in [-0.1, -0.05) is 117 Å². The van der Waals surface area contributed by atoms with Gasteiger partial charge < -0.3 is 24.9 Å². The molecule has 0 saturated heterocycles. The number of nitrogens with zero attached hydrogens (tertiary/aromatic N) is 2. The molecule has 2 atom stereocenters. The van der Waals surface area contributed by atoms with Gasteiger partial charge in [-0.2, -0.15) is 0 Å². The third-order valence-electron chi connectivity index (χ3n) is 7.28. The lowest BCUT2D eigenvalue weighted by Crippen LogP contribution is -2.32. The van der Waals surface area contributed by atoms with Gasteiger partial charge in [0.25, 0.3) is 0 Å². The minimum absolute atomic E-state index is 0.0575. The third kappa shape index (κ3) is 27.9. The van der Waals surface area contributed by atoms with Crippen LogP contribution in [0.25, 0.3) is 0 Å². The first-order valence-electron chi connectivity index (χ1n) is 16.0. The summed E-state index contributed by atoms with van der Waals surface area (Å²) in [5.41, 5.74) is 0. The molecule has 0 amide bonds. The molecule has 0 aliphatic carbocycles. The van der Waals surface area contributed by atoms with Crippen LogP contribution in [-0.4, -0.2) is 90.6 Å². The number of aliphatic hydroxyl groups excluding tert-OH is 2. The lowest BCUT2D eigenvalue weighted by Gasteiger charge is -2.22. The van der Waals surface area contributed by atoms with Crippen molar-refractivity contribution in [2.45, 2.75) is 142 Å². The van der Waals surface area contributed by atoms with Crippen LogP contribution in [0.1, 0.15) is 129 Å². The van der Waals surface area contributed by atoms with Crippen LogP contribution in [0.15, 0.2) is 0 Å². The fraction of sp³-hybridized carbons (Fsp3) is 1.00. The summed E-state index contributed by atoms with van der Waals surface area (Å²) in [5, 5.41) is 20.5. The second kappa shape index (κ2) is 26.8. The molecule has 9 heteroatoms. The summed E-state index contributed by atoms with van der Waals surface area (Å²) in [6, 6.07) is 0. The Morgan fingerprint density at radius 2 is 0.897 bits per heavy atom. The van der Waals surface area contributed by atoms with E-state index in [0.717, 1.165) is 38.5 Å². The highest BCUT2D eigenvalue weighted by atomic mass is 31.2. The zero-order valence-electron chi connectivity index (χ0n) is 26.0. The van der Waals surface area contributed by atoms with Crippen LogP contribution in [0, 0.1) is 0 Å². The minimum Gasteiger partial charge on any atom is -0.392 e. The van der Waals surface area contributed by atoms with Gasteiger partial charge >= 0.3 is 7.82 Å². The number of phosphoric acid groups is 1. The van der Waals surface area contributed by atoms with Crippen molar-refractivity contribution in [3.63, 3.8) is 0 Å². The first-order valence-corrected chi connectivity index (χ1v) is 17.5. The van der Waals surface area contributed by atoms with E-state index in [0.29, 0.717) is 26.2 Å². The maximum atomic E-state index is 12.2. The van der Waals surface area contributed by atoms with Crippen molar-refractivity contribution in [3.8, 4) is 0 Å². The fourth-order valence-electron chi connectivity index (χ4n) is 4.77. The quantitative estimate of drug-likeness (QED) is 0.0632. The molecule has 0 aromatic heterocycles. The van der Waals surface area contributed by atoms with E-state index in [-0.39, 0.29) is 13.2 Å². The van der Waals surface area contributed by atoms with Crippen LogP contribution < -0.4 is 0 Å². The number of phosphoric ester groups is 1. The molecule has 236 valence electrons. The molecule has 0 aliphatic rings. The summed E-state index contributed by atoms with van der Waals surface area (Å²) < 4.78 is 22.4. The maximum Gasteiger partial charge on any atom is 0.472 e. The van der Waals surface area contributed by atoms with Gasteiger partial charge in [-0.3, -0.25) is 9.05 Å². The predicted molar refractivity (Wildman–Crippen MR) is 163 cm³/mol. The van der Waals surface area contributed by atoms with Gasteiger partial charge in [0.05, 0.1) is 25.4 Å². The van der Waals surface area contributed by atoms with Gasteiger partial charge in [-0.05, 0) is 26.9 Å². The molecule has 0 bridgehead atoms. The predicted octanol–water partition coefficient (Wildman–Crippen LogP) is 6.77. The van der Waals surface area contributed by atoms with Gasteiger partial charge in [-0.15, -0.1) is 0 Å². The zero-order chi connectivity index (χ0) is 29.2. The zero-order valence-corrected chi connectivity index (χ0v) is 26.9. The first-order chi connectivity index (χ1) is 18.7. The molecular formula is C30H65N2O6P. The molecule has 0 aromatic rings. The van der Waals surface area contributed by atoms with E-state index in [2.05, 4.69) is 13.8 Å². The number of unbranched alkanes of at least 4 members (excludes halogenated alkanes) is 14. The summed E-state index contributed by atoms with van der Waals surface area (Å²) in [6.45, 7) is 6.48. The summed E-state index contributed by atoms with van der Waals surface area (Å²) in [5.74, 6) is 0. The summed E-state index contributed by atoms with van der Waals surface area (Å²) in [7, 11) is -0.379. The molecule has 0 saturated carbocycles. The highest BCUT2D eigenvalue weighted by molar-refractivity contribution is 7.47. The molecule has 0 spiro atoms. The molecule has 39 heavy (non-hydrogen) atoms. The summed E-state index contributed by atoms with van der Waals surface area (Å²) in [6.07, 6.45) is 20.7. The van der Waals surface area contributed by atoms with Gasteiger partial charge in [0.2, 0.25) is 0 Å². The largest absolute Gasteiger partial charge is 0.472 e. The Bertz CT molecular complexity index is 528. The van der Waals surface area contributed by atoms with E-state index in [9.17, 15) is 19.7 Å². The van der Waals surface area contributed by atoms with Gasteiger partial charge in [0, 0.05) is 26.2 Å². The first kappa shape index (κ1) is 39.0. The van der Waals surface area contributed by atoms with E-state index >= 15 is 0 Å². The highest BCUT2D eigenvalue weighted by Gasteiger charge is 2.21. The van der Waals surface area contributed by atoms with Crippen LogP contribution in [-0.2, 0) is 13.6 Å². The van der Waals surface area contributed by atoms with Crippen molar-refractivity contribution in [3.05, 3.63) is 0 Å². The Balaban J connectivity index is 3.77. The average molecular weight is 581 g/mol. The Hall–Kier alpha value is -0.0500. The standard InChI is InChI=1S/C30H65N2O6P/c1-5-7-9-11-13-15-17-19-21-29(33)27-31(3)23-25-37-39(35,36)38-26-24-32(4)28-30(34)22-20-18-16-14-12-10-8-6-2/h29-30,33-34H,5-28H2,1-4H3,(H,35,36). The molecule has 0 heterocycles. The van der Waals surface area contributed by atoms with Crippen LogP contribution in [0.5, 0.6) is 0 Å². The molecule has 8 nitrogen and oxygen atoms in total. The van der Waals surface area contributed by atoms with E-state index < -0.39 is 20.0 Å². The summed E-state index contributed by atoms with van der Waals surface area (Å²) in [4.78, 5) is 13.8. The van der Waals surface area contributed by atoms with Crippen LogP contribution in [0.2, 0.25) is 0 Å². The Morgan fingerprint density at radius 1 is 0.590 bits per heavy atom. The van der Waals surface area contributed by atoms with Crippen molar-refractivity contribution in [1.82, 2.24) is 9.80 Å². The van der Waals surface area contributed by atoms with Crippen molar-refractivity contribution in [2.75, 3.05) is 53.5 Å². The average Bonchev–Trinajstić information content (AvgIpc) is 2.86. The van der Waals surface area contributed by atoms with E-state index in [4.69, 9.17) is 9.05 Å². The highest BCUT2D eigenvalue weighted by Crippen LogP contribution is 2.42. The maximum absolute atomic E-state index is 12.2. The molecule has 0 aromatic carbocycles. The molecule has 2 unspecified atom stereocenters. The number of rotatable bonds is 30. The van der Waals surface area contributed by atoms with Gasteiger partial charge in [-0.25, -0.2) is 4.57 Å². The lowest BCUT2D eigenvalue weighted by atomic mass is 10.1. The third-order valence-corrected chi connectivity index (χ3v) is 8.30. The Labute approximate surface area is 241 Å². The fourth-order valence-corrected chi connectivity index (χ4v) is 5.47. The lowest BCUT2D eigenvalue weighted by molar-refractivity contribution is 0.0881. The molecule has 3 N–H and O–H groups in total. The van der Waals surface area contributed by atoms with E-state index in [1.807, 2.05) is 23.9 Å².